The second-order valence-electron chi connectivity index (χ2n) is 9.95. The number of aliphatic imine (C=N–C) groups is 1. The Hall–Kier alpha value is -3.21. The number of anilines is 1. The van der Waals surface area contributed by atoms with E-state index in [4.69, 9.17) is 9.47 Å². The molecule has 3 fully saturated rings. The van der Waals surface area contributed by atoms with Crippen LogP contribution >= 0.6 is 0 Å². The number of aromatic nitrogens is 3. The van der Waals surface area contributed by atoms with Crippen molar-refractivity contribution < 1.29 is 19.0 Å². The molecule has 9 nitrogen and oxygen atoms in total. The van der Waals surface area contributed by atoms with Gasteiger partial charge < -0.3 is 25.2 Å². The maximum atomic E-state index is 14.8. The zero-order chi connectivity index (χ0) is 24.8. The molecule has 4 aliphatic rings. The molecule has 1 saturated carbocycles. The lowest BCUT2D eigenvalue weighted by Crippen LogP contribution is -2.61. The molecule has 2 bridgehead atoms. The number of aryl methyl sites for hydroxylation is 1. The van der Waals surface area contributed by atoms with Gasteiger partial charge in [-0.3, -0.25) is 9.98 Å². The minimum absolute atomic E-state index is 0.0893. The molecule has 1 atom stereocenters. The summed E-state index contributed by atoms with van der Waals surface area (Å²) in [6, 6.07) is 7.40. The predicted molar refractivity (Wildman–Crippen MR) is 133 cm³/mol. The lowest BCUT2D eigenvalue weighted by molar-refractivity contribution is -0.165. The normalized spacial score (nSPS) is 26.6. The van der Waals surface area contributed by atoms with Crippen molar-refractivity contribution in [2.24, 2.45) is 4.99 Å². The molecule has 7 rings (SSSR count). The third kappa shape index (κ3) is 4.29. The highest BCUT2D eigenvalue weighted by atomic mass is 19.1. The molecule has 1 aliphatic carbocycles. The van der Waals surface area contributed by atoms with Gasteiger partial charge in [0.1, 0.15) is 11.5 Å². The smallest absolute Gasteiger partial charge is 0.213 e. The molecule has 188 valence electrons. The van der Waals surface area contributed by atoms with Gasteiger partial charge in [0.25, 0.3) is 0 Å². The topological polar surface area (TPSA) is 114 Å². The summed E-state index contributed by atoms with van der Waals surface area (Å²) in [6.07, 6.45) is 7.00. The fraction of sp³-hybridized carbons (Fsp3) is 0.462. The first-order chi connectivity index (χ1) is 17.5. The van der Waals surface area contributed by atoms with E-state index in [9.17, 15) is 9.50 Å². The van der Waals surface area contributed by atoms with E-state index in [0.717, 1.165) is 43.5 Å². The number of nitrogens with zero attached hydrogens (tertiary/aromatic N) is 4. The van der Waals surface area contributed by atoms with Gasteiger partial charge in [-0.15, -0.1) is 0 Å². The van der Waals surface area contributed by atoms with Crippen LogP contribution in [0.5, 0.6) is 5.88 Å². The molecule has 2 saturated heterocycles. The molecule has 3 aromatic rings. The number of halogens is 1. The molecule has 0 spiro atoms. The van der Waals surface area contributed by atoms with E-state index in [2.05, 4.69) is 30.6 Å². The number of rotatable bonds is 7. The quantitative estimate of drug-likeness (QED) is 0.460. The van der Waals surface area contributed by atoms with Crippen molar-refractivity contribution in [3.05, 3.63) is 47.5 Å². The number of hydrogen-bond acceptors (Lipinski definition) is 9. The Morgan fingerprint density at radius 1 is 1.19 bits per heavy atom. The molecular formula is C26H29FN6O3. The third-order valence-electron chi connectivity index (χ3n) is 7.77. The van der Waals surface area contributed by atoms with E-state index >= 15 is 0 Å². The van der Waals surface area contributed by atoms with Gasteiger partial charge in [0.15, 0.2) is 12.0 Å². The van der Waals surface area contributed by atoms with Gasteiger partial charge in [-0.25, -0.2) is 14.4 Å². The van der Waals surface area contributed by atoms with Crippen LogP contribution in [0.4, 0.5) is 15.9 Å². The minimum atomic E-state index is -0.818. The summed E-state index contributed by atoms with van der Waals surface area (Å²) in [4.78, 5) is 17.4. The number of pyridine rings is 3. The van der Waals surface area contributed by atoms with Gasteiger partial charge in [0, 0.05) is 23.7 Å². The molecule has 6 heterocycles. The average molecular weight is 493 g/mol. The Balaban J connectivity index is 1.10. The van der Waals surface area contributed by atoms with Crippen LogP contribution in [0, 0.1) is 5.82 Å². The van der Waals surface area contributed by atoms with Crippen molar-refractivity contribution in [1.82, 2.24) is 20.3 Å². The molecule has 1 unspecified atom stereocenters. The van der Waals surface area contributed by atoms with E-state index < -0.39 is 6.23 Å². The molecular weight excluding hydrogens is 463 g/mol. The maximum Gasteiger partial charge on any atom is 0.213 e. The highest BCUT2D eigenvalue weighted by Gasteiger charge is 2.49. The molecule has 0 radical (unpaired) electrons. The number of fused-ring (bicyclic) bond motifs is 5. The van der Waals surface area contributed by atoms with Crippen LogP contribution in [0.25, 0.3) is 11.0 Å². The summed E-state index contributed by atoms with van der Waals surface area (Å²) in [6.45, 7) is 1.22. The first-order valence-corrected chi connectivity index (χ1v) is 12.3. The summed E-state index contributed by atoms with van der Waals surface area (Å²) in [5, 5.41) is 16.3. The molecule has 3 aliphatic heterocycles. The largest absolute Gasteiger partial charge is 0.481 e. The Kier molecular flexibility index (Phi) is 5.82. The first kappa shape index (κ1) is 23.2. The second kappa shape index (κ2) is 9.02. The molecule has 10 heteroatoms. The molecule has 36 heavy (non-hydrogen) atoms. The van der Waals surface area contributed by atoms with Crippen LogP contribution in [0.1, 0.15) is 43.4 Å². The van der Waals surface area contributed by atoms with Gasteiger partial charge in [-0.2, -0.15) is 0 Å². The van der Waals surface area contributed by atoms with Crippen LogP contribution in [-0.2, 0) is 17.7 Å². The second-order valence-corrected chi connectivity index (χ2v) is 9.95. The monoisotopic (exact) mass is 492 g/mol. The number of aliphatic hydroxyl groups excluding tert-OH is 1. The van der Waals surface area contributed by atoms with Gasteiger partial charge in [0.05, 0.1) is 48.5 Å². The van der Waals surface area contributed by atoms with Gasteiger partial charge in [0.2, 0.25) is 5.88 Å². The SMILES string of the molecule is COc1ccc2ncc(F)c(CCC34CCC(NCc5ccc6c(n5)NC(O)C=N6)(CC3)CO4)c2n1. The van der Waals surface area contributed by atoms with Gasteiger partial charge in [-0.05, 0) is 56.7 Å². The van der Waals surface area contributed by atoms with Crippen molar-refractivity contribution in [2.75, 3.05) is 19.0 Å². The highest BCUT2D eigenvalue weighted by molar-refractivity contribution is 5.80. The zero-order valence-corrected chi connectivity index (χ0v) is 20.1. The van der Waals surface area contributed by atoms with E-state index in [-0.39, 0.29) is 17.0 Å². The lowest BCUT2D eigenvalue weighted by atomic mass is 9.69. The predicted octanol–water partition coefficient (Wildman–Crippen LogP) is 3.42. The van der Waals surface area contributed by atoms with Crippen molar-refractivity contribution in [3.63, 3.8) is 0 Å². The molecule has 3 aromatic heterocycles. The Bertz CT molecular complexity index is 1310. The summed E-state index contributed by atoms with van der Waals surface area (Å²) < 4.78 is 26.5. The van der Waals surface area contributed by atoms with Gasteiger partial charge >= 0.3 is 0 Å². The molecule has 3 N–H and O–H groups in total. The van der Waals surface area contributed by atoms with E-state index in [1.54, 1.807) is 13.2 Å². The molecule has 0 aromatic carbocycles. The first-order valence-electron chi connectivity index (χ1n) is 12.3. The average Bonchev–Trinajstić information content (AvgIpc) is 2.92. The fourth-order valence-electron chi connectivity index (χ4n) is 5.50. The van der Waals surface area contributed by atoms with Crippen molar-refractivity contribution in [2.45, 2.75) is 62.4 Å². The Morgan fingerprint density at radius 2 is 2.06 bits per heavy atom. The summed E-state index contributed by atoms with van der Waals surface area (Å²) in [5.74, 6) is 0.699. The standard InChI is InChI=1S/C26H29FN6O3/c1-35-22-5-4-19-23(33-22)17(18(27)13-28-19)6-7-26-10-8-25(9-11-26,15-36-26)30-12-16-2-3-20-24(31-16)32-21(34)14-29-20/h2-5,13-14,21,30,34H,6-12,15H2,1H3,(H,31,32). The van der Waals surface area contributed by atoms with Crippen molar-refractivity contribution >= 4 is 28.8 Å². The van der Waals surface area contributed by atoms with Gasteiger partial charge in [-0.1, -0.05) is 0 Å². The fourth-order valence-corrected chi connectivity index (χ4v) is 5.50. The number of methoxy groups -OCH3 is 1. The lowest BCUT2D eigenvalue weighted by Gasteiger charge is -2.53. The Morgan fingerprint density at radius 3 is 2.83 bits per heavy atom. The number of aliphatic hydroxyl groups is 1. The van der Waals surface area contributed by atoms with Crippen LogP contribution < -0.4 is 15.4 Å². The van der Waals surface area contributed by atoms with E-state index in [0.29, 0.717) is 47.9 Å². The Labute approximate surface area is 208 Å². The summed E-state index contributed by atoms with van der Waals surface area (Å²) in [7, 11) is 1.55. The van der Waals surface area contributed by atoms with Crippen LogP contribution in [0.2, 0.25) is 0 Å². The molecule has 0 amide bonds. The number of nitrogens with one attached hydrogen (secondary N) is 2. The van der Waals surface area contributed by atoms with Crippen LogP contribution in [0.3, 0.4) is 0 Å². The summed E-state index contributed by atoms with van der Waals surface area (Å²) in [5.41, 5.74) is 3.05. The third-order valence-corrected chi connectivity index (χ3v) is 7.77. The zero-order valence-electron chi connectivity index (χ0n) is 20.1. The van der Waals surface area contributed by atoms with Crippen LogP contribution in [0.15, 0.2) is 35.5 Å². The highest BCUT2D eigenvalue weighted by Crippen LogP contribution is 2.46. The number of hydrogen-bond donors (Lipinski definition) is 3. The van der Waals surface area contributed by atoms with Crippen molar-refractivity contribution in [1.29, 1.82) is 0 Å². The maximum absolute atomic E-state index is 14.8. The number of ether oxygens (including phenoxy) is 2. The van der Waals surface area contributed by atoms with E-state index in [1.165, 1.54) is 12.4 Å². The summed E-state index contributed by atoms with van der Waals surface area (Å²) >= 11 is 0. The minimum Gasteiger partial charge on any atom is -0.481 e. The van der Waals surface area contributed by atoms with Crippen LogP contribution in [-0.4, -0.2) is 57.4 Å². The van der Waals surface area contributed by atoms with E-state index in [1.807, 2.05) is 18.2 Å². The van der Waals surface area contributed by atoms with Crippen molar-refractivity contribution in [3.8, 4) is 5.88 Å².